The summed E-state index contributed by atoms with van der Waals surface area (Å²) in [6.45, 7) is 10.3. The maximum Gasteiger partial charge on any atom is 0.165 e. The van der Waals surface area contributed by atoms with Gasteiger partial charge in [0.2, 0.25) is 0 Å². The van der Waals surface area contributed by atoms with E-state index in [1.54, 1.807) is 7.11 Å². The van der Waals surface area contributed by atoms with Crippen LogP contribution in [0, 0.1) is 0 Å². The van der Waals surface area contributed by atoms with Gasteiger partial charge in [0.25, 0.3) is 0 Å². The fraction of sp³-hybridized carbons (Fsp3) is 0.667. The molecule has 0 bridgehead atoms. The number of benzene rings is 1. The van der Waals surface area contributed by atoms with Crippen molar-refractivity contribution in [3.63, 3.8) is 0 Å². The average Bonchev–Trinajstić information content (AvgIpc) is 2.44. The zero-order valence-corrected chi connectivity index (χ0v) is 14.3. The lowest BCUT2D eigenvalue weighted by molar-refractivity contribution is 0.280. The first-order valence-electron chi connectivity index (χ1n) is 8.01. The van der Waals surface area contributed by atoms with E-state index in [-0.39, 0.29) is 5.54 Å². The quantitative estimate of drug-likeness (QED) is 0.678. The van der Waals surface area contributed by atoms with Crippen LogP contribution in [0.5, 0.6) is 11.5 Å². The molecular weight excluding hydrogens is 262 g/mol. The number of nitrogens with one attached hydrogen (secondary N) is 1. The zero-order valence-electron chi connectivity index (χ0n) is 14.3. The third-order valence-corrected chi connectivity index (χ3v) is 3.33. The Morgan fingerprint density at radius 2 is 1.86 bits per heavy atom. The Balaban J connectivity index is 2.68. The van der Waals surface area contributed by atoms with Crippen molar-refractivity contribution in [1.29, 1.82) is 0 Å². The van der Waals surface area contributed by atoms with Crippen LogP contribution in [0.25, 0.3) is 0 Å². The number of ether oxygens (including phenoxy) is 2. The average molecular weight is 293 g/mol. The highest BCUT2D eigenvalue weighted by Gasteiger charge is 2.14. The van der Waals surface area contributed by atoms with E-state index in [2.05, 4.69) is 39.1 Å². The van der Waals surface area contributed by atoms with Crippen molar-refractivity contribution in [2.24, 2.45) is 0 Å². The zero-order chi connectivity index (χ0) is 15.7. The van der Waals surface area contributed by atoms with Crippen molar-refractivity contribution >= 4 is 0 Å². The van der Waals surface area contributed by atoms with Gasteiger partial charge < -0.3 is 14.8 Å². The topological polar surface area (TPSA) is 30.5 Å². The molecule has 0 aliphatic rings. The Labute approximate surface area is 130 Å². The minimum absolute atomic E-state index is 0.0848. The van der Waals surface area contributed by atoms with Gasteiger partial charge in [0.15, 0.2) is 11.5 Å². The van der Waals surface area contributed by atoms with E-state index < -0.39 is 0 Å². The standard InChI is InChI=1S/C18H31NO2/c1-6-7-8-9-13-21-17-15(14-19-18(2,3)4)11-10-12-16(17)20-5/h10-12,19H,6-9,13-14H2,1-5H3. The van der Waals surface area contributed by atoms with E-state index in [0.717, 1.165) is 36.6 Å². The third kappa shape index (κ3) is 6.85. The molecule has 0 spiro atoms. The summed E-state index contributed by atoms with van der Waals surface area (Å²) in [7, 11) is 1.69. The lowest BCUT2D eigenvalue weighted by Gasteiger charge is -2.22. The highest BCUT2D eigenvalue weighted by atomic mass is 16.5. The van der Waals surface area contributed by atoms with Gasteiger partial charge in [0.05, 0.1) is 13.7 Å². The number of methoxy groups -OCH3 is 1. The molecule has 1 rings (SSSR count). The molecule has 1 aromatic carbocycles. The maximum absolute atomic E-state index is 6.01. The van der Waals surface area contributed by atoms with Gasteiger partial charge >= 0.3 is 0 Å². The highest BCUT2D eigenvalue weighted by molar-refractivity contribution is 5.46. The summed E-state index contributed by atoms with van der Waals surface area (Å²) in [4.78, 5) is 0. The molecule has 120 valence electrons. The number of hydrogen-bond donors (Lipinski definition) is 1. The number of unbranched alkanes of at least 4 members (excludes halogenated alkanes) is 3. The summed E-state index contributed by atoms with van der Waals surface area (Å²) in [6.07, 6.45) is 4.84. The summed E-state index contributed by atoms with van der Waals surface area (Å²) in [5, 5.41) is 3.51. The SMILES string of the molecule is CCCCCCOc1c(CNC(C)(C)C)cccc1OC. The second-order valence-electron chi connectivity index (χ2n) is 6.46. The molecule has 0 aliphatic heterocycles. The smallest absolute Gasteiger partial charge is 0.165 e. The molecule has 1 aromatic rings. The maximum atomic E-state index is 6.01. The molecule has 1 N–H and O–H groups in total. The summed E-state index contributed by atoms with van der Waals surface area (Å²) >= 11 is 0. The first-order valence-corrected chi connectivity index (χ1v) is 8.01. The summed E-state index contributed by atoms with van der Waals surface area (Å²) in [5.41, 5.74) is 1.24. The van der Waals surface area contributed by atoms with E-state index in [0.29, 0.717) is 0 Å². The normalized spacial score (nSPS) is 11.5. The van der Waals surface area contributed by atoms with Crippen molar-refractivity contribution in [2.45, 2.75) is 65.5 Å². The highest BCUT2D eigenvalue weighted by Crippen LogP contribution is 2.31. The lowest BCUT2D eigenvalue weighted by Crippen LogP contribution is -2.35. The lowest BCUT2D eigenvalue weighted by atomic mass is 10.1. The molecular formula is C18H31NO2. The minimum Gasteiger partial charge on any atom is -0.493 e. The van der Waals surface area contributed by atoms with Gasteiger partial charge in [0, 0.05) is 17.6 Å². The molecule has 3 nitrogen and oxygen atoms in total. The van der Waals surface area contributed by atoms with Crippen molar-refractivity contribution in [1.82, 2.24) is 5.32 Å². The third-order valence-electron chi connectivity index (χ3n) is 3.33. The Morgan fingerprint density at radius 3 is 2.48 bits per heavy atom. The molecule has 0 aromatic heterocycles. The first kappa shape index (κ1) is 17.8. The van der Waals surface area contributed by atoms with Crippen LogP contribution in [0.2, 0.25) is 0 Å². The van der Waals surface area contributed by atoms with E-state index in [1.165, 1.54) is 19.3 Å². The molecule has 0 unspecified atom stereocenters. The molecule has 0 aliphatic carbocycles. The first-order chi connectivity index (χ1) is 9.98. The molecule has 0 saturated heterocycles. The van der Waals surface area contributed by atoms with Crippen LogP contribution in [0.3, 0.4) is 0 Å². The van der Waals surface area contributed by atoms with Crippen LogP contribution < -0.4 is 14.8 Å². The van der Waals surface area contributed by atoms with E-state index >= 15 is 0 Å². The molecule has 0 amide bonds. The van der Waals surface area contributed by atoms with Crippen LogP contribution >= 0.6 is 0 Å². The summed E-state index contributed by atoms with van der Waals surface area (Å²) < 4.78 is 11.4. The Hall–Kier alpha value is -1.22. The Bertz CT molecular complexity index is 410. The van der Waals surface area contributed by atoms with Crippen LogP contribution in [-0.4, -0.2) is 19.3 Å². The molecule has 0 heterocycles. The van der Waals surface area contributed by atoms with Crippen LogP contribution in [0.15, 0.2) is 18.2 Å². The van der Waals surface area contributed by atoms with Crippen molar-refractivity contribution in [2.75, 3.05) is 13.7 Å². The second-order valence-corrected chi connectivity index (χ2v) is 6.46. The minimum atomic E-state index is 0.0848. The molecule has 0 saturated carbocycles. The van der Waals surface area contributed by atoms with Crippen LogP contribution in [-0.2, 0) is 6.54 Å². The number of hydrogen-bond acceptors (Lipinski definition) is 3. The second kappa shape index (κ2) is 8.93. The van der Waals surface area contributed by atoms with E-state index in [9.17, 15) is 0 Å². The predicted octanol–water partition coefficient (Wildman–Crippen LogP) is 4.54. The van der Waals surface area contributed by atoms with E-state index in [1.807, 2.05) is 12.1 Å². The van der Waals surface area contributed by atoms with Crippen molar-refractivity contribution in [3.8, 4) is 11.5 Å². The number of rotatable bonds is 9. The fourth-order valence-electron chi connectivity index (χ4n) is 2.09. The van der Waals surface area contributed by atoms with Crippen LogP contribution in [0.4, 0.5) is 0 Å². The fourth-order valence-corrected chi connectivity index (χ4v) is 2.09. The van der Waals surface area contributed by atoms with Gasteiger partial charge in [-0.15, -0.1) is 0 Å². The monoisotopic (exact) mass is 293 g/mol. The van der Waals surface area contributed by atoms with Gasteiger partial charge in [0.1, 0.15) is 0 Å². The van der Waals surface area contributed by atoms with Gasteiger partial charge in [-0.3, -0.25) is 0 Å². The van der Waals surface area contributed by atoms with E-state index in [4.69, 9.17) is 9.47 Å². The van der Waals surface area contributed by atoms with Gasteiger partial charge in [-0.05, 0) is 33.3 Å². The van der Waals surface area contributed by atoms with Gasteiger partial charge in [-0.1, -0.05) is 38.3 Å². The summed E-state index contributed by atoms with van der Waals surface area (Å²) in [5.74, 6) is 1.70. The molecule has 0 fully saturated rings. The van der Waals surface area contributed by atoms with Crippen molar-refractivity contribution < 1.29 is 9.47 Å². The van der Waals surface area contributed by atoms with Crippen LogP contribution in [0.1, 0.15) is 58.9 Å². The molecule has 0 radical (unpaired) electrons. The number of para-hydroxylation sites is 1. The Morgan fingerprint density at radius 1 is 1.10 bits per heavy atom. The summed E-state index contributed by atoms with van der Waals surface area (Å²) in [6, 6.07) is 6.08. The Kier molecular flexibility index (Phi) is 7.58. The van der Waals surface area contributed by atoms with Gasteiger partial charge in [-0.25, -0.2) is 0 Å². The molecule has 3 heteroatoms. The molecule has 21 heavy (non-hydrogen) atoms. The largest absolute Gasteiger partial charge is 0.493 e. The van der Waals surface area contributed by atoms with Gasteiger partial charge in [-0.2, -0.15) is 0 Å². The van der Waals surface area contributed by atoms with Crippen molar-refractivity contribution in [3.05, 3.63) is 23.8 Å². The molecule has 0 atom stereocenters. The predicted molar refractivity (Wildman–Crippen MR) is 89.2 cm³/mol.